The van der Waals surface area contributed by atoms with E-state index in [4.69, 9.17) is 0 Å². The monoisotopic (exact) mass is 848 g/mol. The standard InChI is InChI=1S/C63H42B2N2/c1-5-25-46(26-6-1)63(47-27-7-2-8-28-47)51-33-15-16-34-53(51)65-55-36-18-19-37-57(55)66(49-31-11-4-12-32-49)62-60(65)52(63)42-59-61(62)64(48-29-9-3-10-30-48)54-35-17-20-38-58(54)67(59)56-39-21-24-45-40-43-22-13-14-23-44(43)41-50(45)56/h1-42H. The predicted molar refractivity (Wildman–Crippen MR) is 285 cm³/mol. The molecule has 0 bridgehead atoms. The predicted octanol–water partition coefficient (Wildman–Crippen LogP) is 11.3. The van der Waals surface area contributed by atoms with Gasteiger partial charge in [0.15, 0.2) is 0 Å². The Morgan fingerprint density at radius 1 is 0.313 bits per heavy atom. The summed E-state index contributed by atoms with van der Waals surface area (Å²) >= 11 is 0. The highest BCUT2D eigenvalue weighted by molar-refractivity contribution is 7.02. The largest absolute Gasteiger partial charge is 0.312 e. The van der Waals surface area contributed by atoms with Crippen LogP contribution in [-0.2, 0) is 5.41 Å². The van der Waals surface area contributed by atoms with Gasteiger partial charge in [-0.25, -0.2) is 0 Å². The number of anilines is 6. The Kier molecular flexibility index (Phi) is 8.42. The molecule has 0 saturated heterocycles. The van der Waals surface area contributed by atoms with E-state index in [1.54, 1.807) is 0 Å². The lowest BCUT2D eigenvalue weighted by molar-refractivity contribution is 0.751. The molecule has 310 valence electrons. The molecule has 0 aromatic heterocycles. The molecule has 0 saturated carbocycles. The van der Waals surface area contributed by atoms with Crippen LogP contribution >= 0.6 is 0 Å². The smallest absolute Gasteiger partial charge is 0.249 e. The number of fused-ring (bicyclic) bond motifs is 9. The second kappa shape index (κ2) is 14.9. The van der Waals surface area contributed by atoms with Gasteiger partial charge in [-0.15, -0.1) is 0 Å². The van der Waals surface area contributed by atoms with E-state index in [1.807, 2.05) is 0 Å². The zero-order valence-corrected chi connectivity index (χ0v) is 36.8. The number of benzene rings is 11. The molecule has 0 fully saturated rings. The highest BCUT2D eigenvalue weighted by Crippen LogP contribution is 2.52. The van der Waals surface area contributed by atoms with Gasteiger partial charge in [0.2, 0.25) is 13.4 Å². The molecule has 11 aromatic carbocycles. The molecular weight excluding hydrogens is 806 g/mol. The number of nitrogens with zero attached hydrogens (tertiary/aromatic N) is 2. The molecule has 0 unspecified atom stereocenters. The van der Waals surface area contributed by atoms with Crippen molar-refractivity contribution in [1.82, 2.24) is 0 Å². The maximum atomic E-state index is 2.64. The van der Waals surface area contributed by atoms with Gasteiger partial charge in [0.05, 0.1) is 11.1 Å². The first-order valence-electron chi connectivity index (χ1n) is 23.5. The Morgan fingerprint density at radius 2 is 0.821 bits per heavy atom. The molecule has 0 aliphatic carbocycles. The average molecular weight is 849 g/mol. The van der Waals surface area contributed by atoms with Crippen molar-refractivity contribution in [2.45, 2.75) is 5.41 Å². The molecule has 4 heteroatoms. The van der Waals surface area contributed by atoms with Gasteiger partial charge in [0, 0.05) is 33.8 Å². The quantitative estimate of drug-likeness (QED) is 0.126. The van der Waals surface area contributed by atoms with Crippen LogP contribution in [0.4, 0.5) is 34.1 Å². The fraction of sp³-hybridized carbons (Fsp3) is 0.0159. The SMILES string of the molecule is c1ccc(B2c3ccccc3N(c3cccc4cc5ccccc5cc34)c3cc4c5c(c32)N(c2ccccc2)c2ccccc2B5c2ccccc2C4(c2ccccc2)c2ccccc2)cc1. The average Bonchev–Trinajstić information content (AvgIpc) is 3.40. The Labute approximate surface area is 392 Å². The van der Waals surface area contributed by atoms with Crippen LogP contribution in [0.1, 0.15) is 22.3 Å². The van der Waals surface area contributed by atoms with Gasteiger partial charge in [0.1, 0.15) is 0 Å². The molecule has 0 spiro atoms. The van der Waals surface area contributed by atoms with Crippen LogP contribution in [-0.4, -0.2) is 13.4 Å². The van der Waals surface area contributed by atoms with Crippen molar-refractivity contribution in [3.05, 3.63) is 277 Å². The van der Waals surface area contributed by atoms with Crippen LogP contribution in [0.5, 0.6) is 0 Å². The summed E-state index contributed by atoms with van der Waals surface area (Å²) in [7, 11) is 0. The lowest BCUT2D eigenvalue weighted by Gasteiger charge is -2.51. The number of para-hydroxylation sites is 3. The third kappa shape index (κ3) is 5.42. The highest BCUT2D eigenvalue weighted by atomic mass is 15.2. The molecule has 3 heterocycles. The van der Waals surface area contributed by atoms with E-state index >= 15 is 0 Å². The maximum absolute atomic E-state index is 2.64. The number of hydrogen-bond acceptors (Lipinski definition) is 2. The summed E-state index contributed by atoms with van der Waals surface area (Å²) in [6.07, 6.45) is 0. The first kappa shape index (κ1) is 38.0. The van der Waals surface area contributed by atoms with Crippen molar-refractivity contribution in [3.63, 3.8) is 0 Å². The van der Waals surface area contributed by atoms with E-state index in [0.29, 0.717) is 0 Å². The zero-order chi connectivity index (χ0) is 44.1. The van der Waals surface area contributed by atoms with Crippen LogP contribution in [0, 0.1) is 0 Å². The third-order valence-electron chi connectivity index (χ3n) is 15.0. The van der Waals surface area contributed by atoms with Crippen molar-refractivity contribution in [2.24, 2.45) is 0 Å². The van der Waals surface area contributed by atoms with Crippen molar-refractivity contribution >= 4 is 102 Å². The summed E-state index contributed by atoms with van der Waals surface area (Å²) in [5.41, 5.74) is 19.5. The minimum Gasteiger partial charge on any atom is -0.312 e. The molecule has 14 rings (SSSR count). The van der Waals surface area contributed by atoms with E-state index in [2.05, 4.69) is 265 Å². The first-order chi connectivity index (χ1) is 33.3. The summed E-state index contributed by atoms with van der Waals surface area (Å²) in [6.45, 7) is -0.119. The third-order valence-corrected chi connectivity index (χ3v) is 15.0. The van der Waals surface area contributed by atoms with Crippen LogP contribution < -0.4 is 42.6 Å². The van der Waals surface area contributed by atoms with E-state index in [1.165, 1.54) is 99.3 Å². The Bertz CT molecular complexity index is 3680. The normalized spacial score (nSPS) is 14.0. The highest BCUT2D eigenvalue weighted by Gasteiger charge is 2.54. The maximum Gasteiger partial charge on any atom is 0.249 e. The van der Waals surface area contributed by atoms with E-state index in [9.17, 15) is 0 Å². The Balaban J connectivity index is 1.23. The second-order valence-electron chi connectivity index (χ2n) is 18.3. The van der Waals surface area contributed by atoms with Crippen molar-refractivity contribution in [1.29, 1.82) is 0 Å². The van der Waals surface area contributed by atoms with Gasteiger partial charge in [-0.3, -0.25) is 0 Å². The Hall–Kier alpha value is -8.33. The van der Waals surface area contributed by atoms with Gasteiger partial charge < -0.3 is 9.80 Å². The lowest BCUT2D eigenvalue weighted by atomic mass is 9.27. The fourth-order valence-corrected chi connectivity index (χ4v) is 12.4. The van der Waals surface area contributed by atoms with Crippen molar-refractivity contribution in [2.75, 3.05) is 9.80 Å². The summed E-state index contributed by atoms with van der Waals surface area (Å²) in [4.78, 5) is 5.24. The van der Waals surface area contributed by atoms with Gasteiger partial charge in [-0.1, -0.05) is 217 Å². The molecule has 0 amide bonds. The minimum absolute atomic E-state index is 0.0332. The summed E-state index contributed by atoms with van der Waals surface area (Å²) in [5, 5.41) is 4.91. The van der Waals surface area contributed by atoms with E-state index < -0.39 is 5.41 Å². The molecule has 2 nitrogen and oxygen atoms in total. The number of rotatable bonds is 5. The summed E-state index contributed by atoms with van der Waals surface area (Å²) in [6, 6.07) is 95.7. The molecule has 67 heavy (non-hydrogen) atoms. The Morgan fingerprint density at radius 3 is 1.51 bits per heavy atom. The summed E-state index contributed by atoms with van der Waals surface area (Å²) < 4.78 is 0. The molecule has 0 atom stereocenters. The van der Waals surface area contributed by atoms with E-state index in [-0.39, 0.29) is 13.4 Å². The van der Waals surface area contributed by atoms with Crippen LogP contribution in [0.15, 0.2) is 255 Å². The molecule has 11 aromatic rings. The van der Waals surface area contributed by atoms with Crippen LogP contribution in [0.3, 0.4) is 0 Å². The second-order valence-corrected chi connectivity index (χ2v) is 18.3. The van der Waals surface area contributed by atoms with Gasteiger partial charge in [-0.05, 0) is 109 Å². The lowest BCUT2D eigenvalue weighted by Crippen LogP contribution is -2.68. The van der Waals surface area contributed by atoms with Gasteiger partial charge in [-0.2, -0.15) is 0 Å². The van der Waals surface area contributed by atoms with E-state index in [0.717, 1.165) is 11.4 Å². The molecular formula is C63H42B2N2. The van der Waals surface area contributed by atoms with Crippen molar-refractivity contribution < 1.29 is 0 Å². The van der Waals surface area contributed by atoms with Crippen LogP contribution in [0.2, 0.25) is 0 Å². The summed E-state index contributed by atoms with van der Waals surface area (Å²) in [5.74, 6) is 0. The topological polar surface area (TPSA) is 6.48 Å². The molecule has 3 aliphatic rings. The fourth-order valence-electron chi connectivity index (χ4n) is 12.4. The molecule has 0 N–H and O–H groups in total. The number of hydrogen-bond donors (Lipinski definition) is 0. The van der Waals surface area contributed by atoms with Gasteiger partial charge in [0.25, 0.3) is 0 Å². The minimum atomic E-state index is -0.677. The molecule has 0 radical (unpaired) electrons. The van der Waals surface area contributed by atoms with Gasteiger partial charge >= 0.3 is 0 Å². The van der Waals surface area contributed by atoms with Crippen molar-refractivity contribution in [3.8, 4) is 0 Å². The van der Waals surface area contributed by atoms with Crippen LogP contribution in [0.25, 0.3) is 21.5 Å². The molecule has 3 aliphatic heterocycles. The zero-order valence-electron chi connectivity index (χ0n) is 36.8. The first-order valence-corrected chi connectivity index (χ1v) is 23.5.